The van der Waals surface area contributed by atoms with Crippen LogP contribution in [0.3, 0.4) is 0 Å². The Morgan fingerprint density at radius 2 is 2.11 bits per heavy atom. The fourth-order valence-corrected chi connectivity index (χ4v) is 4.22. The molecule has 1 aromatic carbocycles. The van der Waals surface area contributed by atoms with E-state index < -0.39 is 11.3 Å². The van der Waals surface area contributed by atoms with Crippen LogP contribution in [0.25, 0.3) is 0 Å². The maximum Gasteiger partial charge on any atom is 0.338 e. The van der Waals surface area contributed by atoms with Gasteiger partial charge in [-0.25, -0.2) is 4.79 Å². The second kappa shape index (κ2) is 9.35. The Bertz CT molecular complexity index is 884. The fourth-order valence-electron chi connectivity index (χ4n) is 2.73. The van der Waals surface area contributed by atoms with Gasteiger partial charge in [0.25, 0.3) is 0 Å². The summed E-state index contributed by atoms with van der Waals surface area (Å²) in [7, 11) is 2.72. The van der Waals surface area contributed by atoms with Crippen molar-refractivity contribution in [2.75, 3.05) is 20.0 Å². The largest absolute Gasteiger partial charge is 0.507 e. The van der Waals surface area contributed by atoms with Gasteiger partial charge in [-0.05, 0) is 20.8 Å². The van der Waals surface area contributed by atoms with E-state index in [4.69, 9.17) is 31.9 Å². The van der Waals surface area contributed by atoms with Crippen molar-refractivity contribution in [3.05, 3.63) is 34.5 Å². The lowest BCUT2D eigenvalue weighted by Gasteiger charge is -2.21. The molecular weight excluding hydrogens is 402 g/mol. The third-order valence-electron chi connectivity index (χ3n) is 4.23. The van der Waals surface area contributed by atoms with E-state index in [9.17, 15) is 9.90 Å². The number of phenols is 1. The highest BCUT2D eigenvalue weighted by molar-refractivity contribution is 7.99. The first-order chi connectivity index (χ1) is 13.2. The molecule has 1 aromatic heterocycles. The third-order valence-corrected chi connectivity index (χ3v) is 5.63. The number of aromatic hydroxyl groups is 1. The molecule has 2 unspecified atom stereocenters. The summed E-state index contributed by atoms with van der Waals surface area (Å²) in [4.78, 5) is 17.3. The van der Waals surface area contributed by atoms with Crippen molar-refractivity contribution in [2.24, 2.45) is 5.73 Å². The van der Waals surface area contributed by atoms with E-state index in [1.54, 1.807) is 20.8 Å². The summed E-state index contributed by atoms with van der Waals surface area (Å²) in [6.07, 6.45) is 0. The van der Waals surface area contributed by atoms with E-state index in [0.717, 1.165) is 0 Å². The summed E-state index contributed by atoms with van der Waals surface area (Å²) in [6, 6.07) is 1.43. The zero-order valence-electron chi connectivity index (χ0n) is 16.3. The predicted octanol–water partition coefficient (Wildman–Crippen LogP) is 3.05. The van der Waals surface area contributed by atoms with Gasteiger partial charge in [0.2, 0.25) is 5.89 Å². The lowest BCUT2D eigenvalue weighted by molar-refractivity contribution is 0.0597. The average Bonchev–Trinajstić information content (AvgIpc) is 3.07. The van der Waals surface area contributed by atoms with Crippen molar-refractivity contribution in [1.82, 2.24) is 10.1 Å². The number of aryl methyl sites for hydroxylation is 1. The second-order valence-electron chi connectivity index (χ2n) is 6.10. The molecule has 0 fully saturated rings. The Labute approximate surface area is 172 Å². The highest BCUT2D eigenvalue weighted by Gasteiger charge is 2.28. The summed E-state index contributed by atoms with van der Waals surface area (Å²) in [5.74, 6) is 0.696. The van der Waals surface area contributed by atoms with E-state index in [1.165, 1.54) is 32.0 Å². The van der Waals surface area contributed by atoms with Crippen molar-refractivity contribution < 1.29 is 23.9 Å². The summed E-state index contributed by atoms with van der Waals surface area (Å²) >= 11 is 6.62. The molecule has 10 heteroatoms. The van der Waals surface area contributed by atoms with Gasteiger partial charge < -0.3 is 24.8 Å². The van der Waals surface area contributed by atoms with Crippen molar-refractivity contribution in [2.45, 2.75) is 32.1 Å². The number of nitrogens with zero attached hydrogens (tertiary/aromatic N) is 2. The molecule has 0 aliphatic carbocycles. The molecule has 152 valence electrons. The number of rotatable bonds is 8. The number of thiocarbonyl (C=S) groups is 1. The number of carbonyl (C=O) groups excluding carboxylic acids is 1. The van der Waals surface area contributed by atoms with Gasteiger partial charge in [-0.1, -0.05) is 17.4 Å². The minimum Gasteiger partial charge on any atom is -0.507 e. The highest BCUT2D eigenvalue weighted by atomic mass is 32.2. The van der Waals surface area contributed by atoms with E-state index in [1.807, 2.05) is 0 Å². The minimum atomic E-state index is -0.723. The van der Waals surface area contributed by atoms with Gasteiger partial charge in [0, 0.05) is 27.8 Å². The Morgan fingerprint density at radius 3 is 2.61 bits per heavy atom. The van der Waals surface area contributed by atoms with Crippen LogP contribution in [0.5, 0.6) is 11.5 Å². The average molecular weight is 426 g/mol. The molecule has 2 aromatic rings. The standard InChI is InChI=1S/C18H23N3O5S2/c1-8-13(24-4)6-12(22)15(14(8)18(23)25-5)16(19)28-7-11(9(2)27)17-20-10(3)21-26-17/h6,11,16,22H,7,19H2,1-5H3. The smallest absolute Gasteiger partial charge is 0.338 e. The van der Waals surface area contributed by atoms with Gasteiger partial charge >= 0.3 is 5.97 Å². The van der Waals surface area contributed by atoms with Gasteiger partial charge in [0.05, 0.1) is 31.1 Å². The normalized spacial score (nSPS) is 13.1. The number of hydrogen-bond acceptors (Lipinski definition) is 10. The van der Waals surface area contributed by atoms with Crippen LogP contribution in [0.2, 0.25) is 0 Å². The molecule has 28 heavy (non-hydrogen) atoms. The second-order valence-corrected chi connectivity index (χ2v) is 7.92. The Kier molecular flexibility index (Phi) is 7.39. The molecule has 3 N–H and O–H groups in total. The first-order valence-corrected chi connectivity index (χ1v) is 9.83. The molecule has 0 aliphatic heterocycles. The number of benzene rings is 1. The summed E-state index contributed by atoms with van der Waals surface area (Å²) in [6.45, 7) is 5.22. The number of esters is 1. The number of hydrogen-bond donors (Lipinski definition) is 2. The number of thioether (sulfide) groups is 1. The van der Waals surface area contributed by atoms with Gasteiger partial charge in [0.15, 0.2) is 5.82 Å². The van der Waals surface area contributed by atoms with Crippen LogP contribution in [0, 0.1) is 13.8 Å². The number of aromatic nitrogens is 2. The molecule has 0 amide bonds. The van der Waals surface area contributed by atoms with Gasteiger partial charge in [-0.2, -0.15) is 4.98 Å². The van der Waals surface area contributed by atoms with Crippen LogP contribution in [-0.4, -0.2) is 46.1 Å². The summed E-state index contributed by atoms with van der Waals surface area (Å²) < 4.78 is 15.3. The summed E-state index contributed by atoms with van der Waals surface area (Å²) in [5.41, 5.74) is 7.32. The molecule has 0 saturated carbocycles. The molecule has 0 bridgehead atoms. The molecule has 2 atom stereocenters. The molecule has 0 saturated heterocycles. The molecule has 8 nitrogen and oxygen atoms in total. The quantitative estimate of drug-likeness (QED) is 0.371. The van der Waals surface area contributed by atoms with E-state index in [2.05, 4.69) is 10.1 Å². The SMILES string of the molecule is COC(=O)c1c(C)c(OC)cc(O)c1C(N)SCC(C(C)=S)c1nc(C)no1. The third kappa shape index (κ3) is 4.62. The van der Waals surface area contributed by atoms with Crippen LogP contribution in [0.4, 0.5) is 0 Å². The van der Waals surface area contributed by atoms with Crippen LogP contribution in [-0.2, 0) is 4.74 Å². The Morgan fingerprint density at radius 1 is 1.43 bits per heavy atom. The number of phenolic OH excluding ortho intramolecular Hbond substituents is 1. The van der Waals surface area contributed by atoms with Crippen molar-refractivity contribution >= 4 is 34.8 Å². The van der Waals surface area contributed by atoms with Crippen LogP contribution >= 0.6 is 24.0 Å². The van der Waals surface area contributed by atoms with Crippen molar-refractivity contribution in [1.29, 1.82) is 0 Å². The summed E-state index contributed by atoms with van der Waals surface area (Å²) in [5, 5.41) is 13.6. The van der Waals surface area contributed by atoms with Crippen LogP contribution in [0.15, 0.2) is 10.6 Å². The number of carbonyl (C=O) groups is 1. The number of methoxy groups -OCH3 is 2. The first-order valence-electron chi connectivity index (χ1n) is 8.37. The lowest BCUT2D eigenvalue weighted by Crippen LogP contribution is -2.18. The maximum absolute atomic E-state index is 12.3. The zero-order valence-corrected chi connectivity index (χ0v) is 17.9. The molecular formula is C18H23N3O5S2. The minimum absolute atomic E-state index is 0.146. The Balaban J connectivity index is 2.35. The fraction of sp³-hybridized carbons (Fsp3) is 0.444. The van der Waals surface area contributed by atoms with Crippen molar-refractivity contribution in [3.63, 3.8) is 0 Å². The van der Waals surface area contributed by atoms with Gasteiger partial charge in [-0.3, -0.25) is 0 Å². The van der Waals surface area contributed by atoms with Gasteiger partial charge in [-0.15, -0.1) is 11.8 Å². The van der Waals surface area contributed by atoms with Gasteiger partial charge in [0.1, 0.15) is 11.5 Å². The Hall–Kier alpha value is -2.17. The van der Waals surface area contributed by atoms with Crippen LogP contribution in [0.1, 0.15) is 51.4 Å². The first kappa shape index (κ1) is 22.1. The molecule has 1 heterocycles. The predicted molar refractivity (Wildman–Crippen MR) is 110 cm³/mol. The lowest BCUT2D eigenvalue weighted by atomic mass is 9.99. The van der Waals surface area contributed by atoms with E-state index in [-0.39, 0.29) is 22.8 Å². The number of nitrogens with two attached hydrogens (primary N) is 1. The number of ether oxygens (including phenoxy) is 2. The van der Waals surface area contributed by atoms with Crippen LogP contribution < -0.4 is 10.5 Å². The topological polar surface area (TPSA) is 121 Å². The molecule has 0 aliphatic rings. The molecule has 0 spiro atoms. The highest BCUT2D eigenvalue weighted by Crippen LogP contribution is 2.40. The molecule has 0 radical (unpaired) electrons. The van der Waals surface area contributed by atoms with E-state index >= 15 is 0 Å². The van der Waals surface area contributed by atoms with Crippen molar-refractivity contribution in [3.8, 4) is 11.5 Å². The van der Waals surface area contributed by atoms with E-state index in [0.29, 0.717) is 33.6 Å². The maximum atomic E-state index is 12.3. The zero-order chi connectivity index (χ0) is 21.0. The molecule has 2 rings (SSSR count). The monoisotopic (exact) mass is 425 g/mol.